The molecule has 0 saturated heterocycles. The van der Waals surface area contributed by atoms with Gasteiger partial charge in [0.1, 0.15) is 0 Å². The predicted octanol–water partition coefficient (Wildman–Crippen LogP) is 3.18. The molecule has 0 fully saturated rings. The van der Waals surface area contributed by atoms with E-state index < -0.39 is 10.0 Å². The quantitative estimate of drug-likeness (QED) is 0.664. The topological polar surface area (TPSA) is 98.2 Å². The van der Waals surface area contributed by atoms with Gasteiger partial charge in [-0.3, -0.25) is 0 Å². The Morgan fingerprint density at radius 2 is 1.70 bits per heavy atom. The fourth-order valence-corrected chi connectivity index (χ4v) is 2.81. The second-order valence-electron chi connectivity index (χ2n) is 4.04. The van der Waals surface area contributed by atoms with Gasteiger partial charge >= 0.3 is 0 Å². The first-order valence-electron chi connectivity index (χ1n) is 5.42. The third kappa shape index (κ3) is 3.51. The second-order valence-corrected chi connectivity index (χ2v) is 7.37. The van der Waals surface area contributed by atoms with Crippen LogP contribution in [0.3, 0.4) is 0 Å². The number of sulfonamides is 1. The van der Waals surface area contributed by atoms with Crippen LogP contribution in [-0.4, -0.2) is 8.42 Å². The first-order valence-corrected chi connectivity index (χ1v) is 8.55. The zero-order chi connectivity index (χ0) is 14.9. The number of nitrogens with one attached hydrogen (secondary N) is 1. The van der Waals surface area contributed by atoms with Crippen molar-refractivity contribution >= 4 is 58.9 Å². The third-order valence-corrected chi connectivity index (χ3v) is 4.65. The van der Waals surface area contributed by atoms with Gasteiger partial charge in [0.05, 0.1) is 22.0 Å². The van der Waals surface area contributed by atoms with Gasteiger partial charge in [-0.2, -0.15) is 0 Å². The van der Waals surface area contributed by atoms with Crippen LogP contribution in [0.2, 0.25) is 0 Å². The zero-order valence-electron chi connectivity index (χ0n) is 10.1. The summed E-state index contributed by atoms with van der Waals surface area (Å²) in [6.07, 6.45) is 0. The molecule has 2 aromatic rings. The SMILES string of the molecule is Nc1ccc(S(N)(=O)=O)cc1Nc1cc(Br)ccc1Br. The van der Waals surface area contributed by atoms with Crippen LogP contribution in [0.15, 0.2) is 50.2 Å². The zero-order valence-corrected chi connectivity index (χ0v) is 14.1. The van der Waals surface area contributed by atoms with E-state index >= 15 is 0 Å². The van der Waals surface area contributed by atoms with Gasteiger partial charge in [-0.1, -0.05) is 15.9 Å². The van der Waals surface area contributed by atoms with Crippen LogP contribution < -0.4 is 16.2 Å². The molecule has 0 amide bonds. The molecule has 0 aliphatic carbocycles. The Bertz CT molecular complexity index is 763. The van der Waals surface area contributed by atoms with Crippen LogP contribution in [0, 0.1) is 0 Å². The molecule has 0 aliphatic heterocycles. The van der Waals surface area contributed by atoms with E-state index in [1.807, 2.05) is 18.2 Å². The second kappa shape index (κ2) is 5.72. The lowest BCUT2D eigenvalue weighted by Crippen LogP contribution is -2.12. The Balaban J connectivity index is 2.45. The summed E-state index contributed by atoms with van der Waals surface area (Å²) in [6.45, 7) is 0. The highest BCUT2D eigenvalue weighted by molar-refractivity contribution is 9.11. The number of anilines is 3. The van der Waals surface area contributed by atoms with Crippen molar-refractivity contribution in [3.8, 4) is 0 Å². The molecule has 0 unspecified atom stereocenters. The van der Waals surface area contributed by atoms with Crippen molar-refractivity contribution in [1.82, 2.24) is 0 Å². The van der Waals surface area contributed by atoms with E-state index in [0.717, 1.165) is 14.6 Å². The molecule has 0 aromatic heterocycles. The summed E-state index contributed by atoms with van der Waals surface area (Å²) < 4.78 is 24.4. The summed E-state index contributed by atoms with van der Waals surface area (Å²) in [5.74, 6) is 0. The van der Waals surface area contributed by atoms with E-state index in [0.29, 0.717) is 11.4 Å². The summed E-state index contributed by atoms with van der Waals surface area (Å²) in [5.41, 5.74) is 7.48. The van der Waals surface area contributed by atoms with Crippen LogP contribution in [0.4, 0.5) is 17.1 Å². The van der Waals surface area contributed by atoms with E-state index in [9.17, 15) is 8.42 Å². The van der Waals surface area contributed by atoms with E-state index in [1.54, 1.807) is 0 Å². The molecule has 0 aliphatic rings. The third-order valence-electron chi connectivity index (χ3n) is 2.55. The van der Waals surface area contributed by atoms with Gasteiger partial charge in [0.25, 0.3) is 0 Å². The van der Waals surface area contributed by atoms with Gasteiger partial charge in [0, 0.05) is 8.95 Å². The van der Waals surface area contributed by atoms with E-state index in [4.69, 9.17) is 10.9 Å². The minimum Gasteiger partial charge on any atom is -0.397 e. The van der Waals surface area contributed by atoms with Crippen molar-refractivity contribution in [3.05, 3.63) is 45.3 Å². The van der Waals surface area contributed by atoms with Crippen molar-refractivity contribution in [2.45, 2.75) is 4.90 Å². The minimum atomic E-state index is -3.77. The number of halogens is 2. The molecule has 0 heterocycles. The standard InChI is InChI=1S/C12H11Br2N3O2S/c13-7-1-3-9(14)11(5-7)17-12-6-8(20(16,18)19)2-4-10(12)15/h1-6,17H,15H2,(H2,16,18,19). The Morgan fingerprint density at radius 3 is 2.35 bits per heavy atom. The van der Waals surface area contributed by atoms with E-state index in [1.165, 1.54) is 18.2 Å². The largest absolute Gasteiger partial charge is 0.397 e. The summed E-state index contributed by atoms with van der Waals surface area (Å²) in [4.78, 5) is 0.000296. The minimum absolute atomic E-state index is 0.000296. The maximum absolute atomic E-state index is 11.4. The Labute approximate surface area is 133 Å². The summed E-state index contributed by atoms with van der Waals surface area (Å²) in [5, 5.41) is 8.18. The van der Waals surface area contributed by atoms with Gasteiger partial charge in [0.2, 0.25) is 10.0 Å². The van der Waals surface area contributed by atoms with Gasteiger partial charge in [-0.05, 0) is 52.3 Å². The molecular formula is C12H11Br2N3O2S. The fraction of sp³-hybridized carbons (Fsp3) is 0. The van der Waals surface area contributed by atoms with Crippen molar-refractivity contribution in [2.75, 3.05) is 11.1 Å². The molecule has 0 radical (unpaired) electrons. The van der Waals surface area contributed by atoms with E-state index in [2.05, 4.69) is 37.2 Å². The number of nitrogens with two attached hydrogens (primary N) is 2. The maximum Gasteiger partial charge on any atom is 0.238 e. The van der Waals surface area contributed by atoms with Crippen molar-refractivity contribution < 1.29 is 8.42 Å². The number of hydrogen-bond donors (Lipinski definition) is 3. The fourth-order valence-electron chi connectivity index (χ4n) is 1.56. The van der Waals surface area contributed by atoms with Crippen LogP contribution in [0.5, 0.6) is 0 Å². The normalized spacial score (nSPS) is 11.3. The summed E-state index contributed by atoms with van der Waals surface area (Å²) in [6, 6.07) is 9.83. The first kappa shape index (κ1) is 15.3. The molecule has 2 rings (SSSR count). The molecule has 5 N–H and O–H groups in total. The monoisotopic (exact) mass is 419 g/mol. The van der Waals surface area contributed by atoms with Crippen LogP contribution in [-0.2, 0) is 10.0 Å². The molecule has 0 spiro atoms. The lowest BCUT2D eigenvalue weighted by atomic mass is 10.2. The molecule has 0 atom stereocenters. The van der Waals surface area contributed by atoms with Crippen LogP contribution >= 0.6 is 31.9 Å². The molecular weight excluding hydrogens is 410 g/mol. The summed E-state index contributed by atoms with van der Waals surface area (Å²) in [7, 11) is -3.77. The smallest absolute Gasteiger partial charge is 0.238 e. The van der Waals surface area contributed by atoms with Gasteiger partial charge in [-0.15, -0.1) is 0 Å². The molecule has 8 heteroatoms. The Morgan fingerprint density at radius 1 is 1.00 bits per heavy atom. The number of hydrogen-bond acceptors (Lipinski definition) is 4. The van der Waals surface area contributed by atoms with Crippen molar-refractivity contribution in [2.24, 2.45) is 5.14 Å². The van der Waals surface area contributed by atoms with E-state index in [-0.39, 0.29) is 4.90 Å². The average Bonchev–Trinajstić information content (AvgIpc) is 2.35. The van der Waals surface area contributed by atoms with Gasteiger partial charge < -0.3 is 11.1 Å². The Kier molecular flexibility index (Phi) is 4.38. The number of rotatable bonds is 3. The van der Waals surface area contributed by atoms with Gasteiger partial charge in [0.15, 0.2) is 0 Å². The first-order chi connectivity index (χ1) is 9.27. The van der Waals surface area contributed by atoms with Crippen molar-refractivity contribution in [1.29, 1.82) is 0 Å². The molecule has 5 nitrogen and oxygen atoms in total. The Hall–Kier alpha value is -1.09. The lowest BCUT2D eigenvalue weighted by molar-refractivity contribution is 0.598. The molecule has 106 valence electrons. The highest BCUT2D eigenvalue weighted by Gasteiger charge is 2.11. The number of nitrogen functional groups attached to an aromatic ring is 1. The highest BCUT2D eigenvalue weighted by atomic mass is 79.9. The van der Waals surface area contributed by atoms with Crippen LogP contribution in [0.1, 0.15) is 0 Å². The maximum atomic E-state index is 11.4. The average molecular weight is 421 g/mol. The number of primary sulfonamides is 1. The summed E-state index contributed by atoms with van der Waals surface area (Å²) >= 11 is 6.77. The molecule has 2 aromatic carbocycles. The highest BCUT2D eigenvalue weighted by Crippen LogP contribution is 2.32. The molecule has 20 heavy (non-hydrogen) atoms. The predicted molar refractivity (Wildman–Crippen MR) is 87.4 cm³/mol. The van der Waals surface area contributed by atoms with Crippen LogP contribution in [0.25, 0.3) is 0 Å². The van der Waals surface area contributed by atoms with Crippen molar-refractivity contribution in [3.63, 3.8) is 0 Å². The molecule has 0 bridgehead atoms. The number of benzene rings is 2. The lowest BCUT2D eigenvalue weighted by Gasteiger charge is -2.12. The molecule has 0 saturated carbocycles. The van der Waals surface area contributed by atoms with Gasteiger partial charge in [-0.25, -0.2) is 13.6 Å².